The number of hydrogen-bond acceptors (Lipinski definition) is 4. The molecule has 0 amide bonds. The Kier molecular flexibility index (Phi) is 4.75. The lowest BCUT2D eigenvalue weighted by Crippen LogP contribution is -2.09. The molecule has 0 aromatic carbocycles. The first-order chi connectivity index (χ1) is 11.2. The number of halogens is 1. The SMILES string of the molecule is CCc1ccc2c(-c3cncc(Br)c3)c(CO)c(COC)nn12. The summed E-state index contributed by atoms with van der Waals surface area (Å²) in [5.41, 5.74) is 5.48. The van der Waals surface area contributed by atoms with Crippen molar-refractivity contribution in [1.29, 1.82) is 0 Å². The van der Waals surface area contributed by atoms with Gasteiger partial charge in [-0.1, -0.05) is 6.92 Å². The van der Waals surface area contributed by atoms with Crippen LogP contribution in [0.5, 0.6) is 0 Å². The van der Waals surface area contributed by atoms with Crippen LogP contribution in [-0.2, 0) is 24.4 Å². The maximum absolute atomic E-state index is 9.94. The van der Waals surface area contributed by atoms with Gasteiger partial charge in [-0.25, -0.2) is 4.52 Å². The van der Waals surface area contributed by atoms with Crippen LogP contribution in [0.15, 0.2) is 35.1 Å². The Hall–Kier alpha value is -1.76. The number of aromatic nitrogens is 3. The van der Waals surface area contributed by atoms with E-state index in [2.05, 4.69) is 39.0 Å². The molecule has 3 rings (SSSR count). The fourth-order valence-corrected chi connectivity index (χ4v) is 3.18. The molecular weight excluding hydrogens is 358 g/mol. The van der Waals surface area contributed by atoms with E-state index in [4.69, 9.17) is 4.74 Å². The summed E-state index contributed by atoms with van der Waals surface area (Å²) in [5, 5.41) is 14.6. The van der Waals surface area contributed by atoms with Crippen LogP contribution >= 0.6 is 15.9 Å². The van der Waals surface area contributed by atoms with Gasteiger partial charge in [0.1, 0.15) is 0 Å². The summed E-state index contributed by atoms with van der Waals surface area (Å²) in [6.45, 7) is 2.35. The third-order valence-electron chi connectivity index (χ3n) is 3.86. The maximum Gasteiger partial charge on any atom is 0.0932 e. The van der Waals surface area contributed by atoms with E-state index in [-0.39, 0.29) is 6.61 Å². The Balaban J connectivity index is 2.38. The van der Waals surface area contributed by atoms with Crippen LogP contribution in [0.4, 0.5) is 0 Å². The summed E-state index contributed by atoms with van der Waals surface area (Å²) in [7, 11) is 1.63. The van der Waals surface area contributed by atoms with Crippen molar-refractivity contribution in [1.82, 2.24) is 14.6 Å². The second kappa shape index (κ2) is 6.78. The Morgan fingerprint density at radius 3 is 2.78 bits per heavy atom. The Labute approximate surface area is 143 Å². The minimum Gasteiger partial charge on any atom is -0.392 e. The highest BCUT2D eigenvalue weighted by atomic mass is 79.9. The first kappa shape index (κ1) is 16.1. The van der Waals surface area contributed by atoms with Gasteiger partial charge in [0.2, 0.25) is 0 Å². The Bertz CT molecular complexity index is 845. The molecule has 3 heterocycles. The lowest BCUT2D eigenvalue weighted by atomic mass is 10.0. The Morgan fingerprint density at radius 2 is 2.13 bits per heavy atom. The molecule has 0 aliphatic rings. The second-order valence-electron chi connectivity index (χ2n) is 5.26. The first-order valence-electron chi connectivity index (χ1n) is 7.42. The first-order valence-corrected chi connectivity index (χ1v) is 8.22. The van der Waals surface area contributed by atoms with Crippen molar-refractivity contribution in [3.63, 3.8) is 0 Å². The number of aryl methyl sites for hydroxylation is 1. The van der Waals surface area contributed by atoms with E-state index >= 15 is 0 Å². The number of nitrogens with zero attached hydrogens (tertiary/aromatic N) is 3. The van der Waals surface area contributed by atoms with Crippen molar-refractivity contribution in [3.05, 3.63) is 52.0 Å². The van der Waals surface area contributed by atoms with Gasteiger partial charge < -0.3 is 9.84 Å². The highest BCUT2D eigenvalue weighted by molar-refractivity contribution is 9.10. The number of aliphatic hydroxyl groups is 1. The van der Waals surface area contributed by atoms with Crippen LogP contribution in [0.1, 0.15) is 23.9 Å². The summed E-state index contributed by atoms with van der Waals surface area (Å²) < 4.78 is 8.10. The number of ether oxygens (including phenoxy) is 1. The van der Waals surface area contributed by atoms with Gasteiger partial charge in [0, 0.05) is 46.4 Å². The van der Waals surface area contributed by atoms with Gasteiger partial charge >= 0.3 is 0 Å². The fourth-order valence-electron chi connectivity index (χ4n) is 2.82. The molecule has 0 aliphatic carbocycles. The molecule has 0 aliphatic heterocycles. The number of rotatable bonds is 5. The molecule has 1 N–H and O–H groups in total. The van der Waals surface area contributed by atoms with Gasteiger partial charge in [-0.2, -0.15) is 5.10 Å². The topological polar surface area (TPSA) is 59.7 Å². The lowest BCUT2D eigenvalue weighted by molar-refractivity contribution is 0.176. The molecule has 0 fully saturated rings. The average molecular weight is 376 g/mol. The molecule has 0 bridgehead atoms. The van der Waals surface area contributed by atoms with E-state index in [1.165, 1.54) is 0 Å². The number of pyridine rings is 1. The van der Waals surface area contributed by atoms with Crippen molar-refractivity contribution in [2.45, 2.75) is 26.6 Å². The van der Waals surface area contributed by atoms with Crippen LogP contribution < -0.4 is 0 Å². The average Bonchev–Trinajstić information content (AvgIpc) is 2.96. The molecule has 0 saturated carbocycles. The number of fused-ring (bicyclic) bond motifs is 1. The molecule has 6 heteroatoms. The van der Waals surface area contributed by atoms with Gasteiger partial charge in [0.15, 0.2) is 0 Å². The molecule has 0 saturated heterocycles. The van der Waals surface area contributed by atoms with Crippen LogP contribution in [0, 0.1) is 0 Å². The van der Waals surface area contributed by atoms with E-state index in [0.29, 0.717) is 6.61 Å². The summed E-state index contributed by atoms with van der Waals surface area (Å²) in [6, 6.07) is 6.10. The van der Waals surface area contributed by atoms with Crippen molar-refractivity contribution >= 4 is 21.4 Å². The zero-order valence-electron chi connectivity index (χ0n) is 13.1. The number of aliphatic hydroxyl groups excluding tert-OH is 1. The number of methoxy groups -OCH3 is 1. The van der Waals surface area contributed by atoms with Gasteiger partial charge in [-0.05, 0) is 40.5 Å². The summed E-state index contributed by atoms with van der Waals surface area (Å²) in [6.07, 6.45) is 4.42. The molecule has 120 valence electrons. The molecule has 5 nitrogen and oxygen atoms in total. The van der Waals surface area contributed by atoms with E-state index in [9.17, 15) is 5.11 Å². The fraction of sp³-hybridized carbons (Fsp3) is 0.294. The summed E-state index contributed by atoms with van der Waals surface area (Å²) in [5.74, 6) is 0. The van der Waals surface area contributed by atoms with Gasteiger partial charge in [-0.15, -0.1) is 0 Å². The van der Waals surface area contributed by atoms with Crippen LogP contribution in [-0.4, -0.2) is 26.8 Å². The van der Waals surface area contributed by atoms with Crippen molar-refractivity contribution in [3.8, 4) is 11.1 Å². The monoisotopic (exact) mass is 375 g/mol. The molecule has 3 aromatic heterocycles. The number of hydrogen-bond donors (Lipinski definition) is 1. The predicted molar refractivity (Wildman–Crippen MR) is 92.1 cm³/mol. The van der Waals surface area contributed by atoms with Crippen LogP contribution in [0.3, 0.4) is 0 Å². The quantitative estimate of drug-likeness (QED) is 0.742. The zero-order valence-corrected chi connectivity index (χ0v) is 14.7. The Morgan fingerprint density at radius 1 is 1.30 bits per heavy atom. The normalized spacial score (nSPS) is 11.3. The molecule has 0 unspecified atom stereocenters. The van der Waals surface area contributed by atoms with Crippen molar-refractivity contribution in [2.75, 3.05) is 7.11 Å². The van der Waals surface area contributed by atoms with E-state index < -0.39 is 0 Å². The summed E-state index contributed by atoms with van der Waals surface area (Å²) >= 11 is 3.47. The highest BCUT2D eigenvalue weighted by Gasteiger charge is 2.18. The summed E-state index contributed by atoms with van der Waals surface area (Å²) in [4.78, 5) is 4.26. The van der Waals surface area contributed by atoms with Gasteiger partial charge in [0.25, 0.3) is 0 Å². The smallest absolute Gasteiger partial charge is 0.0932 e. The van der Waals surface area contributed by atoms with Gasteiger partial charge in [0.05, 0.1) is 24.4 Å². The molecule has 0 spiro atoms. The van der Waals surface area contributed by atoms with Crippen molar-refractivity contribution < 1.29 is 9.84 Å². The maximum atomic E-state index is 9.94. The highest BCUT2D eigenvalue weighted by Crippen LogP contribution is 2.32. The minimum absolute atomic E-state index is 0.101. The van der Waals surface area contributed by atoms with Crippen LogP contribution in [0.25, 0.3) is 16.6 Å². The van der Waals surface area contributed by atoms with Crippen molar-refractivity contribution in [2.24, 2.45) is 0 Å². The molecule has 0 atom stereocenters. The lowest BCUT2D eigenvalue weighted by Gasteiger charge is -2.15. The van der Waals surface area contributed by atoms with Gasteiger partial charge in [-0.3, -0.25) is 4.98 Å². The van der Waals surface area contributed by atoms with E-state index in [1.54, 1.807) is 19.5 Å². The van der Waals surface area contributed by atoms with E-state index in [0.717, 1.165) is 44.5 Å². The minimum atomic E-state index is -0.101. The van der Waals surface area contributed by atoms with Crippen LogP contribution in [0.2, 0.25) is 0 Å². The van der Waals surface area contributed by atoms with E-state index in [1.807, 2.05) is 16.6 Å². The standard InChI is InChI=1S/C17H18BrN3O2/c1-3-13-4-5-16-17(11-6-12(18)8-19-7-11)14(9-22)15(10-23-2)20-21(13)16/h4-8,22H,3,9-10H2,1-2H3. The molecular formula is C17H18BrN3O2. The predicted octanol–water partition coefficient (Wildman–Crippen LogP) is 3.36. The second-order valence-corrected chi connectivity index (χ2v) is 6.17. The third-order valence-corrected chi connectivity index (χ3v) is 4.29. The molecule has 0 radical (unpaired) electrons. The molecule has 23 heavy (non-hydrogen) atoms. The zero-order chi connectivity index (χ0) is 16.4. The molecule has 3 aromatic rings. The third kappa shape index (κ3) is 2.89. The largest absolute Gasteiger partial charge is 0.392 e.